The Morgan fingerprint density at radius 2 is 1.69 bits per heavy atom. The number of hydrogen-bond acceptors (Lipinski definition) is 4. The molecule has 0 saturated heterocycles. The smallest absolute Gasteiger partial charge is 0.375 e. The van der Waals surface area contributed by atoms with Crippen molar-refractivity contribution in [3.8, 4) is 0 Å². The van der Waals surface area contributed by atoms with Crippen molar-refractivity contribution in [1.82, 2.24) is 4.90 Å². The Balaban J connectivity index is 3.14. The van der Waals surface area contributed by atoms with E-state index in [0.717, 1.165) is 26.0 Å². The zero-order chi connectivity index (χ0) is 10.1. The fraction of sp³-hybridized carbons (Fsp3) is 1.00. The highest BCUT2D eigenvalue weighted by Crippen LogP contribution is 1.95. The lowest BCUT2D eigenvalue weighted by Gasteiger charge is -2.11. The molecule has 0 amide bonds. The predicted molar refractivity (Wildman–Crippen MR) is 53.5 cm³/mol. The summed E-state index contributed by atoms with van der Waals surface area (Å²) >= 11 is 0. The Hall–Kier alpha value is 0.0569. The van der Waals surface area contributed by atoms with Crippen LogP contribution in [0.25, 0.3) is 0 Å². The van der Waals surface area contributed by atoms with Gasteiger partial charge in [0.05, 0.1) is 0 Å². The fourth-order valence-electron chi connectivity index (χ4n) is 0.887. The summed E-state index contributed by atoms with van der Waals surface area (Å²) in [4.78, 5) is 2.17. The van der Waals surface area contributed by atoms with Gasteiger partial charge in [-0.2, -0.15) is 0 Å². The summed E-state index contributed by atoms with van der Waals surface area (Å²) in [6.45, 7) is 1.83. The van der Waals surface area contributed by atoms with Gasteiger partial charge in [-0.05, 0) is 33.5 Å². The zero-order valence-electron chi connectivity index (χ0n) is 9.00. The van der Waals surface area contributed by atoms with Crippen LogP contribution in [0.1, 0.15) is 12.8 Å². The standard InChI is InChI=1S/C8H20NO3Si/c1-9(2)7-5-6-8-12-13(10-3)11-4/h5-8H2,1-4H3. The first-order chi connectivity index (χ1) is 6.20. The van der Waals surface area contributed by atoms with Crippen molar-refractivity contribution in [2.24, 2.45) is 0 Å². The van der Waals surface area contributed by atoms with Crippen molar-refractivity contribution in [2.45, 2.75) is 12.8 Å². The molecule has 0 rings (SSSR count). The Morgan fingerprint density at radius 1 is 1.08 bits per heavy atom. The summed E-state index contributed by atoms with van der Waals surface area (Å²) in [6, 6.07) is 0. The second kappa shape index (κ2) is 8.65. The molecule has 5 heteroatoms. The molecule has 0 fully saturated rings. The minimum atomic E-state index is -1.44. The normalized spacial score (nSPS) is 11.5. The van der Waals surface area contributed by atoms with Crippen LogP contribution in [0, 0.1) is 0 Å². The highest BCUT2D eigenvalue weighted by Gasteiger charge is 2.13. The van der Waals surface area contributed by atoms with Gasteiger partial charge in [-0.25, -0.2) is 0 Å². The maximum atomic E-state index is 5.36. The molecule has 0 aromatic rings. The van der Waals surface area contributed by atoms with Crippen molar-refractivity contribution in [3.63, 3.8) is 0 Å². The molecular formula is C8H20NO3Si. The largest absolute Gasteiger partial charge is 0.577 e. The highest BCUT2D eigenvalue weighted by atomic mass is 28.3. The van der Waals surface area contributed by atoms with E-state index < -0.39 is 9.53 Å². The van der Waals surface area contributed by atoms with Crippen LogP contribution in [0.3, 0.4) is 0 Å². The average molecular weight is 206 g/mol. The van der Waals surface area contributed by atoms with E-state index >= 15 is 0 Å². The van der Waals surface area contributed by atoms with Gasteiger partial charge in [-0.15, -0.1) is 0 Å². The third-order valence-corrected chi connectivity index (χ3v) is 2.66. The summed E-state index contributed by atoms with van der Waals surface area (Å²) in [5.41, 5.74) is 0. The lowest BCUT2D eigenvalue weighted by atomic mass is 10.3. The summed E-state index contributed by atoms with van der Waals surface area (Å²) < 4.78 is 15.3. The van der Waals surface area contributed by atoms with Gasteiger partial charge in [0.15, 0.2) is 0 Å². The van der Waals surface area contributed by atoms with Gasteiger partial charge in [0.1, 0.15) is 0 Å². The number of hydrogen-bond donors (Lipinski definition) is 0. The molecule has 0 N–H and O–H groups in total. The van der Waals surface area contributed by atoms with E-state index in [1.165, 1.54) is 0 Å². The van der Waals surface area contributed by atoms with E-state index in [0.29, 0.717) is 0 Å². The van der Waals surface area contributed by atoms with Crippen LogP contribution in [0.15, 0.2) is 0 Å². The Kier molecular flexibility index (Phi) is 8.68. The third-order valence-electron chi connectivity index (χ3n) is 1.55. The van der Waals surface area contributed by atoms with Crippen LogP contribution >= 0.6 is 0 Å². The quantitative estimate of drug-likeness (QED) is 0.430. The second-order valence-corrected chi connectivity index (χ2v) is 4.62. The van der Waals surface area contributed by atoms with Crippen molar-refractivity contribution in [3.05, 3.63) is 0 Å². The average Bonchev–Trinajstić information content (AvgIpc) is 2.11. The SMILES string of the molecule is CO[Si](OC)OCCCCN(C)C. The van der Waals surface area contributed by atoms with E-state index in [1.807, 2.05) is 0 Å². The molecule has 0 heterocycles. The summed E-state index contributed by atoms with van der Waals surface area (Å²) in [5, 5.41) is 0. The van der Waals surface area contributed by atoms with E-state index in [4.69, 9.17) is 13.3 Å². The maximum Gasteiger partial charge on any atom is 0.577 e. The zero-order valence-corrected chi connectivity index (χ0v) is 10.0. The van der Waals surface area contributed by atoms with E-state index in [-0.39, 0.29) is 0 Å². The van der Waals surface area contributed by atoms with E-state index in [1.54, 1.807) is 14.2 Å². The van der Waals surface area contributed by atoms with Crippen LogP contribution in [-0.4, -0.2) is 55.9 Å². The van der Waals surface area contributed by atoms with Crippen LogP contribution < -0.4 is 0 Å². The second-order valence-electron chi connectivity index (χ2n) is 3.02. The van der Waals surface area contributed by atoms with Crippen LogP contribution in [0.2, 0.25) is 0 Å². The van der Waals surface area contributed by atoms with Gasteiger partial charge in [-0.1, -0.05) is 0 Å². The Labute approximate surface area is 82.7 Å². The molecule has 0 spiro atoms. The molecule has 0 aromatic heterocycles. The minimum Gasteiger partial charge on any atom is -0.375 e. The molecule has 0 aliphatic carbocycles. The van der Waals surface area contributed by atoms with Crippen molar-refractivity contribution >= 4 is 9.53 Å². The number of nitrogens with zero attached hydrogens (tertiary/aromatic N) is 1. The Morgan fingerprint density at radius 3 is 2.15 bits per heavy atom. The molecule has 1 radical (unpaired) electrons. The topological polar surface area (TPSA) is 30.9 Å². The molecule has 0 bridgehead atoms. The third kappa shape index (κ3) is 8.39. The fourth-order valence-corrected chi connectivity index (χ4v) is 1.60. The van der Waals surface area contributed by atoms with Gasteiger partial charge in [0.2, 0.25) is 0 Å². The monoisotopic (exact) mass is 206 g/mol. The molecule has 0 unspecified atom stereocenters. The van der Waals surface area contributed by atoms with Gasteiger partial charge < -0.3 is 18.2 Å². The molecule has 0 aliphatic heterocycles. The van der Waals surface area contributed by atoms with E-state index in [9.17, 15) is 0 Å². The van der Waals surface area contributed by atoms with Crippen molar-refractivity contribution < 1.29 is 13.3 Å². The van der Waals surface area contributed by atoms with Gasteiger partial charge in [0.25, 0.3) is 0 Å². The first-order valence-corrected chi connectivity index (χ1v) is 5.65. The summed E-state index contributed by atoms with van der Waals surface area (Å²) in [5.74, 6) is 0. The van der Waals surface area contributed by atoms with Crippen LogP contribution in [0.4, 0.5) is 0 Å². The minimum absolute atomic E-state index is 0.726. The molecule has 0 aliphatic rings. The molecular weight excluding hydrogens is 186 g/mol. The molecule has 79 valence electrons. The maximum absolute atomic E-state index is 5.36. The molecule has 0 aromatic carbocycles. The first kappa shape index (κ1) is 13.1. The van der Waals surface area contributed by atoms with Gasteiger partial charge in [0, 0.05) is 20.8 Å². The summed E-state index contributed by atoms with van der Waals surface area (Å²) in [7, 11) is 5.92. The van der Waals surface area contributed by atoms with Crippen LogP contribution in [0.5, 0.6) is 0 Å². The van der Waals surface area contributed by atoms with Crippen LogP contribution in [-0.2, 0) is 13.3 Å². The molecule has 4 nitrogen and oxygen atoms in total. The number of rotatable bonds is 8. The predicted octanol–water partition coefficient (Wildman–Crippen LogP) is 0.623. The lowest BCUT2D eigenvalue weighted by Crippen LogP contribution is -2.24. The lowest BCUT2D eigenvalue weighted by molar-refractivity contribution is 0.132. The van der Waals surface area contributed by atoms with Gasteiger partial charge >= 0.3 is 9.53 Å². The Bertz CT molecular complexity index is 110. The van der Waals surface area contributed by atoms with E-state index in [2.05, 4.69) is 19.0 Å². The molecule has 0 saturated carbocycles. The summed E-state index contributed by atoms with van der Waals surface area (Å²) in [6.07, 6.45) is 2.20. The van der Waals surface area contributed by atoms with Crippen molar-refractivity contribution in [1.29, 1.82) is 0 Å². The van der Waals surface area contributed by atoms with Gasteiger partial charge in [-0.3, -0.25) is 0 Å². The number of unbranched alkanes of at least 4 members (excludes halogenated alkanes) is 1. The van der Waals surface area contributed by atoms with Crippen molar-refractivity contribution in [2.75, 3.05) is 41.5 Å². The highest BCUT2D eigenvalue weighted by molar-refractivity contribution is 6.36. The molecule has 13 heavy (non-hydrogen) atoms. The molecule has 0 atom stereocenters. The first-order valence-electron chi connectivity index (χ1n) is 4.43.